The van der Waals surface area contributed by atoms with E-state index in [0.29, 0.717) is 5.56 Å². The van der Waals surface area contributed by atoms with E-state index >= 15 is 0 Å². The summed E-state index contributed by atoms with van der Waals surface area (Å²) in [5, 5.41) is 18.3. The van der Waals surface area contributed by atoms with Gasteiger partial charge >= 0.3 is 5.69 Å². The number of aliphatic hydroxyl groups excluding tert-OH is 2. The molecule has 0 saturated carbocycles. The Bertz CT molecular complexity index is 808. The highest BCUT2D eigenvalue weighted by molar-refractivity contribution is 7.66. The minimum atomic E-state index is -3.18. The molecule has 0 radical (unpaired) electrons. The van der Waals surface area contributed by atoms with Crippen molar-refractivity contribution in [3.63, 3.8) is 0 Å². The number of aliphatic hydroxyl groups is 2. The first kappa shape index (κ1) is 20.8. The lowest BCUT2D eigenvalue weighted by molar-refractivity contribution is -0.113. The summed E-state index contributed by atoms with van der Waals surface area (Å²) in [6, 6.07) is -0.440. The van der Waals surface area contributed by atoms with Gasteiger partial charge in [0.15, 0.2) is 7.14 Å². The van der Waals surface area contributed by atoms with Crippen LogP contribution in [0, 0.1) is 12.8 Å². The SMILES string of the molecule is CO[C@@H]1[C@H](C)C(/C=C/P(=O)(CO)CO)OC[C@H]1n1cc(C)c(=O)[nH]c1=O. The maximum absolute atomic E-state index is 12.2. The van der Waals surface area contributed by atoms with E-state index in [1.165, 1.54) is 23.7 Å². The van der Waals surface area contributed by atoms with Crippen molar-refractivity contribution < 1.29 is 24.3 Å². The van der Waals surface area contributed by atoms with Gasteiger partial charge in [0.2, 0.25) is 0 Å². The highest BCUT2D eigenvalue weighted by Crippen LogP contribution is 2.45. The Morgan fingerprint density at radius 1 is 1.42 bits per heavy atom. The van der Waals surface area contributed by atoms with Crippen molar-refractivity contribution in [3.05, 3.63) is 44.5 Å². The van der Waals surface area contributed by atoms with Crippen LogP contribution >= 0.6 is 7.14 Å². The molecule has 0 aromatic carbocycles. The normalized spacial score (nSPS) is 27.1. The molecule has 9 nitrogen and oxygen atoms in total. The number of ether oxygens (including phenoxy) is 2. The Morgan fingerprint density at radius 3 is 2.65 bits per heavy atom. The summed E-state index contributed by atoms with van der Waals surface area (Å²) in [6.07, 6.45) is 0.940. The van der Waals surface area contributed by atoms with E-state index < -0.39 is 49.3 Å². The maximum atomic E-state index is 12.2. The zero-order chi connectivity index (χ0) is 19.5. The van der Waals surface area contributed by atoms with Gasteiger partial charge in [-0.3, -0.25) is 14.3 Å². The van der Waals surface area contributed by atoms with Crippen molar-refractivity contribution in [1.82, 2.24) is 9.55 Å². The first-order valence-electron chi connectivity index (χ1n) is 8.21. The number of nitrogens with zero attached hydrogens (tertiary/aromatic N) is 1. The molecule has 2 rings (SSSR count). The van der Waals surface area contributed by atoms with Crippen LogP contribution in [0.1, 0.15) is 18.5 Å². The Hall–Kier alpha value is -1.51. The molecule has 1 fully saturated rings. The van der Waals surface area contributed by atoms with E-state index in [2.05, 4.69) is 4.98 Å². The lowest BCUT2D eigenvalue weighted by Gasteiger charge is -2.40. The zero-order valence-corrected chi connectivity index (χ0v) is 15.9. The molecule has 10 heteroatoms. The molecule has 3 N–H and O–H groups in total. The molecule has 0 spiro atoms. The van der Waals surface area contributed by atoms with Gasteiger partial charge < -0.3 is 24.3 Å². The van der Waals surface area contributed by atoms with Gasteiger partial charge in [0.1, 0.15) is 12.7 Å². The summed E-state index contributed by atoms with van der Waals surface area (Å²) in [4.78, 5) is 26.0. The molecule has 26 heavy (non-hydrogen) atoms. The quantitative estimate of drug-likeness (QED) is 0.594. The number of nitrogens with one attached hydrogen (secondary N) is 1. The standard InChI is InChI=1S/C16H25N2O7P/c1-10-6-18(16(22)17-15(10)21)12-7-25-13(11(2)14(12)24-3)4-5-26(23,8-19)9-20/h4-6,11-14,19-20H,7-9H2,1-3H3,(H,17,21,22)/b5-4+/t11-,12-,13?,14-/m1/s1. The van der Waals surface area contributed by atoms with Gasteiger partial charge in [-0.1, -0.05) is 13.0 Å². The monoisotopic (exact) mass is 388 g/mol. The number of aromatic amines is 1. The Balaban J connectivity index is 2.28. The van der Waals surface area contributed by atoms with Gasteiger partial charge in [0, 0.05) is 24.8 Å². The predicted molar refractivity (Wildman–Crippen MR) is 95.7 cm³/mol. The fraction of sp³-hybridized carbons (Fsp3) is 0.625. The van der Waals surface area contributed by atoms with Crippen molar-refractivity contribution >= 4 is 7.14 Å². The van der Waals surface area contributed by atoms with Crippen LogP contribution in [-0.4, -0.2) is 58.4 Å². The van der Waals surface area contributed by atoms with Gasteiger partial charge in [-0.25, -0.2) is 4.79 Å². The van der Waals surface area contributed by atoms with Crippen LogP contribution in [0.4, 0.5) is 0 Å². The van der Waals surface area contributed by atoms with E-state index in [0.717, 1.165) is 0 Å². The van der Waals surface area contributed by atoms with Gasteiger partial charge in [0.05, 0.1) is 24.9 Å². The molecule has 1 aromatic rings. The first-order chi connectivity index (χ1) is 12.3. The third kappa shape index (κ3) is 4.24. The molecule has 1 aliphatic rings. The summed E-state index contributed by atoms with van der Waals surface area (Å²) in [7, 11) is -1.66. The molecule has 0 aliphatic carbocycles. The van der Waals surface area contributed by atoms with Crippen LogP contribution in [0.3, 0.4) is 0 Å². The average molecular weight is 388 g/mol. The number of aryl methyl sites for hydroxylation is 1. The molecule has 0 amide bonds. The summed E-state index contributed by atoms with van der Waals surface area (Å²) >= 11 is 0. The van der Waals surface area contributed by atoms with Gasteiger partial charge in [-0.2, -0.15) is 0 Å². The van der Waals surface area contributed by atoms with Crippen LogP contribution in [0.5, 0.6) is 0 Å². The molecule has 4 atom stereocenters. The number of hydrogen-bond donors (Lipinski definition) is 3. The molecule has 1 saturated heterocycles. The smallest absolute Gasteiger partial charge is 0.328 e. The van der Waals surface area contributed by atoms with Gasteiger partial charge in [-0.15, -0.1) is 0 Å². The Morgan fingerprint density at radius 2 is 2.08 bits per heavy atom. The fourth-order valence-corrected chi connectivity index (χ4v) is 3.81. The molecule has 2 heterocycles. The van der Waals surface area contributed by atoms with E-state index in [1.807, 2.05) is 6.92 Å². The number of H-pyrrole nitrogens is 1. The molecule has 1 aromatic heterocycles. The molecule has 1 aliphatic heterocycles. The Labute approximate surface area is 150 Å². The molecular formula is C16H25N2O7P. The van der Waals surface area contributed by atoms with Gasteiger partial charge in [-0.05, 0) is 12.7 Å². The second kappa shape index (κ2) is 8.45. The lowest BCUT2D eigenvalue weighted by atomic mass is 9.89. The molecule has 146 valence electrons. The number of rotatable bonds is 6. The predicted octanol–water partition coefficient (Wildman–Crippen LogP) is 0.212. The summed E-state index contributed by atoms with van der Waals surface area (Å²) in [5.41, 5.74) is -0.571. The summed E-state index contributed by atoms with van der Waals surface area (Å²) in [5.74, 6) is 1.09. The topological polar surface area (TPSA) is 131 Å². The van der Waals surface area contributed by atoms with Crippen LogP contribution in [0.2, 0.25) is 0 Å². The van der Waals surface area contributed by atoms with E-state index in [9.17, 15) is 14.2 Å². The third-order valence-electron chi connectivity index (χ3n) is 4.68. The van der Waals surface area contributed by atoms with Crippen molar-refractivity contribution in [2.45, 2.75) is 32.1 Å². The highest BCUT2D eigenvalue weighted by atomic mass is 31.2. The van der Waals surface area contributed by atoms with E-state index in [4.69, 9.17) is 19.7 Å². The number of aromatic nitrogens is 2. The van der Waals surface area contributed by atoms with Crippen molar-refractivity contribution in [3.8, 4) is 0 Å². The second-order valence-corrected chi connectivity index (χ2v) is 9.25. The fourth-order valence-electron chi connectivity index (χ4n) is 3.05. The van der Waals surface area contributed by atoms with Crippen LogP contribution < -0.4 is 11.2 Å². The summed E-state index contributed by atoms with van der Waals surface area (Å²) < 4.78 is 24.9. The van der Waals surface area contributed by atoms with Crippen molar-refractivity contribution in [1.29, 1.82) is 0 Å². The third-order valence-corrected chi connectivity index (χ3v) is 6.35. The molecule has 1 unspecified atom stereocenters. The largest absolute Gasteiger partial charge is 0.388 e. The minimum Gasteiger partial charge on any atom is -0.388 e. The Kier molecular flexibility index (Phi) is 6.76. The lowest BCUT2D eigenvalue weighted by Crippen LogP contribution is -2.49. The molecular weight excluding hydrogens is 363 g/mol. The maximum Gasteiger partial charge on any atom is 0.328 e. The number of methoxy groups -OCH3 is 1. The van der Waals surface area contributed by atoms with E-state index in [1.54, 1.807) is 13.0 Å². The van der Waals surface area contributed by atoms with Crippen molar-refractivity contribution in [2.75, 3.05) is 26.4 Å². The summed E-state index contributed by atoms with van der Waals surface area (Å²) in [6.45, 7) is 3.62. The zero-order valence-electron chi connectivity index (χ0n) is 15.0. The van der Waals surface area contributed by atoms with Crippen LogP contribution in [-0.2, 0) is 14.0 Å². The van der Waals surface area contributed by atoms with Crippen LogP contribution in [0.25, 0.3) is 0 Å². The van der Waals surface area contributed by atoms with Crippen molar-refractivity contribution in [2.24, 2.45) is 5.92 Å². The number of hydrogen-bond acceptors (Lipinski definition) is 7. The van der Waals surface area contributed by atoms with E-state index in [-0.39, 0.29) is 12.5 Å². The highest BCUT2D eigenvalue weighted by Gasteiger charge is 2.38. The second-order valence-electron chi connectivity index (χ2n) is 6.48. The average Bonchev–Trinajstić information content (AvgIpc) is 2.63. The first-order valence-corrected chi connectivity index (χ1v) is 10.4. The van der Waals surface area contributed by atoms with Gasteiger partial charge in [0.25, 0.3) is 5.56 Å². The van der Waals surface area contributed by atoms with Crippen LogP contribution in [0.15, 0.2) is 27.7 Å². The minimum absolute atomic E-state index is 0.145. The molecule has 0 bridgehead atoms.